The molecule has 1 saturated heterocycles. The second-order valence-corrected chi connectivity index (χ2v) is 7.12. The van der Waals surface area contributed by atoms with Crippen LogP contribution in [0.2, 0.25) is 0 Å². The van der Waals surface area contributed by atoms with Crippen LogP contribution in [0.15, 0.2) is 23.2 Å². The maximum absolute atomic E-state index is 13.3. The zero-order valence-corrected chi connectivity index (χ0v) is 15.5. The zero-order valence-electron chi connectivity index (χ0n) is 15.5. The molecule has 2 heterocycles. The lowest BCUT2D eigenvalue weighted by molar-refractivity contribution is -0.123. The molecule has 2 aliphatic rings. The van der Waals surface area contributed by atoms with Gasteiger partial charge in [0.2, 0.25) is 5.91 Å². The van der Waals surface area contributed by atoms with Gasteiger partial charge in [-0.1, -0.05) is 6.07 Å². The summed E-state index contributed by atoms with van der Waals surface area (Å²) >= 11 is 0. The predicted molar refractivity (Wildman–Crippen MR) is 102 cm³/mol. The number of benzene rings is 1. The Morgan fingerprint density at radius 1 is 1.41 bits per heavy atom. The number of halogens is 1. The summed E-state index contributed by atoms with van der Waals surface area (Å²) in [5.74, 6) is 0.000869. The number of aliphatic imine (C=N–C) groups is 1. The summed E-state index contributed by atoms with van der Waals surface area (Å²) < 4.78 is 13.3. The Balaban J connectivity index is 1.37. The van der Waals surface area contributed by atoms with Crippen molar-refractivity contribution in [3.05, 3.63) is 35.1 Å². The number of carbonyl (C=O) groups is 1. The van der Waals surface area contributed by atoms with Crippen LogP contribution in [0.25, 0.3) is 0 Å². The first-order valence-corrected chi connectivity index (χ1v) is 9.58. The fourth-order valence-corrected chi connectivity index (χ4v) is 3.78. The van der Waals surface area contributed by atoms with E-state index in [1.807, 2.05) is 0 Å². The third-order valence-electron chi connectivity index (χ3n) is 5.33. The molecule has 1 amide bonds. The van der Waals surface area contributed by atoms with Crippen LogP contribution >= 0.6 is 0 Å². The van der Waals surface area contributed by atoms with Crippen molar-refractivity contribution in [1.29, 1.82) is 5.26 Å². The molecule has 6 nitrogen and oxygen atoms in total. The van der Waals surface area contributed by atoms with Gasteiger partial charge in [-0.2, -0.15) is 5.26 Å². The fraction of sp³-hybridized carbons (Fsp3) is 0.550. The van der Waals surface area contributed by atoms with Gasteiger partial charge in [-0.25, -0.2) is 4.39 Å². The summed E-state index contributed by atoms with van der Waals surface area (Å²) in [6.07, 6.45) is 5.30. The molecule has 0 radical (unpaired) electrons. The molecular formula is C20H26FN5O. The minimum Gasteiger partial charge on any atom is -0.355 e. The van der Waals surface area contributed by atoms with Crippen molar-refractivity contribution in [2.24, 2.45) is 4.99 Å². The third kappa shape index (κ3) is 5.34. The van der Waals surface area contributed by atoms with E-state index in [9.17, 15) is 14.4 Å². The third-order valence-corrected chi connectivity index (χ3v) is 5.33. The Hall–Kier alpha value is -2.30. The molecule has 144 valence electrons. The number of amides is 1. The van der Waals surface area contributed by atoms with Crippen LogP contribution < -0.4 is 10.6 Å². The van der Waals surface area contributed by atoms with Crippen molar-refractivity contribution < 1.29 is 9.18 Å². The molecule has 1 aromatic rings. The Morgan fingerprint density at radius 3 is 2.93 bits per heavy atom. The van der Waals surface area contributed by atoms with E-state index in [1.54, 1.807) is 12.3 Å². The summed E-state index contributed by atoms with van der Waals surface area (Å²) in [6, 6.07) is 6.48. The number of nitrogens with zero attached hydrogens (tertiary/aromatic N) is 3. The van der Waals surface area contributed by atoms with Crippen LogP contribution in [-0.4, -0.2) is 55.9 Å². The summed E-state index contributed by atoms with van der Waals surface area (Å²) in [5.41, 5.74) is 1.42. The second-order valence-electron chi connectivity index (χ2n) is 7.12. The fourth-order valence-electron chi connectivity index (χ4n) is 3.78. The van der Waals surface area contributed by atoms with Gasteiger partial charge in [0.25, 0.3) is 0 Å². The van der Waals surface area contributed by atoms with Crippen molar-refractivity contribution >= 4 is 12.1 Å². The molecule has 0 aliphatic carbocycles. The van der Waals surface area contributed by atoms with Gasteiger partial charge in [-0.15, -0.1) is 0 Å². The molecule has 0 spiro atoms. The summed E-state index contributed by atoms with van der Waals surface area (Å²) in [7, 11) is 0. The highest BCUT2D eigenvalue weighted by molar-refractivity contribution is 5.85. The summed E-state index contributed by atoms with van der Waals surface area (Å²) in [6.45, 7) is 4.04. The lowest BCUT2D eigenvalue weighted by atomic mass is 9.86. The van der Waals surface area contributed by atoms with Crippen LogP contribution in [0.4, 0.5) is 4.39 Å². The molecule has 0 aromatic heterocycles. The molecule has 2 N–H and O–H groups in total. The molecule has 1 atom stereocenters. The average molecular weight is 371 g/mol. The predicted octanol–water partition coefficient (Wildman–Crippen LogP) is 1.77. The molecular weight excluding hydrogens is 345 g/mol. The quantitative estimate of drug-likeness (QED) is 0.747. The molecule has 1 aromatic carbocycles. The summed E-state index contributed by atoms with van der Waals surface area (Å²) in [5, 5.41) is 15.3. The number of rotatable bonds is 6. The highest BCUT2D eigenvalue weighted by atomic mass is 19.1. The lowest BCUT2D eigenvalue weighted by Crippen LogP contribution is -2.46. The molecule has 3 rings (SSSR count). The zero-order chi connectivity index (χ0) is 19.1. The van der Waals surface area contributed by atoms with Crippen molar-refractivity contribution in [2.75, 3.05) is 32.8 Å². The Labute approximate surface area is 159 Å². The molecule has 1 unspecified atom stereocenters. The van der Waals surface area contributed by atoms with E-state index < -0.39 is 0 Å². The molecule has 0 saturated carbocycles. The van der Waals surface area contributed by atoms with Gasteiger partial charge < -0.3 is 10.2 Å². The van der Waals surface area contributed by atoms with Crippen molar-refractivity contribution in [1.82, 2.24) is 15.5 Å². The highest BCUT2D eigenvalue weighted by Gasteiger charge is 2.23. The first-order valence-electron chi connectivity index (χ1n) is 9.58. The number of hydrogen-bond acceptors (Lipinski definition) is 5. The Kier molecular flexibility index (Phi) is 6.91. The average Bonchev–Trinajstić information content (AvgIpc) is 2.72. The number of carbonyl (C=O) groups excluding carboxylic acids is 1. The summed E-state index contributed by atoms with van der Waals surface area (Å²) in [4.78, 5) is 18.5. The monoisotopic (exact) mass is 371 g/mol. The second kappa shape index (κ2) is 9.58. The smallest absolute Gasteiger partial charge is 0.237 e. The standard InChI is InChI=1S/C20H26FN5O/c21-17-2-3-18(16(12-17)13-22)15-5-10-26(11-6-15)9-1-7-24-20(27)19-4-8-23-14-25-19/h2-3,8,12,15,19,25H,1,4-7,9-11,14H2,(H,24,27). The molecule has 1 fully saturated rings. The van der Waals surface area contributed by atoms with Crippen molar-refractivity contribution in [2.45, 2.75) is 37.6 Å². The SMILES string of the molecule is N#Cc1cc(F)ccc1C1CCN(CCCNC(=O)C2CC=NCN2)CC1. The maximum Gasteiger partial charge on any atom is 0.237 e. The van der Waals surface area contributed by atoms with E-state index >= 15 is 0 Å². The van der Waals surface area contributed by atoms with Gasteiger partial charge in [0.15, 0.2) is 0 Å². The van der Waals surface area contributed by atoms with E-state index in [0.717, 1.165) is 44.5 Å². The molecule has 27 heavy (non-hydrogen) atoms. The number of nitriles is 1. The van der Waals surface area contributed by atoms with Gasteiger partial charge in [0.05, 0.1) is 24.3 Å². The largest absolute Gasteiger partial charge is 0.355 e. The number of nitrogens with one attached hydrogen (secondary N) is 2. The minimum absolute atomic E-state index is 0.0419. The topological polar surface area (TPSA) is 80.5 Å². The Bertz CT molecular complexity index is 722. The van der Waals surface area contributed by atoms with E-state index in [4.69, 9.17) is 0 Å². The normalized spacial score (nSPS) is 21.0. The highest BCUT2D eigenvalue weighted by Crippen LogP contribution is 2.30. The first kappa shape index (κ1) is 19.5. The van der Waals surface area contributed by atoms with E-state index in [-0.39, 0.29) is 17.8 Å². The van der Waals surface area contributed by atoms with E-state index in [1.165, 1.54) is 12.1 Å². The minimum atomic E-state index is -0.356. The van der Waals surface area contributed by atoms with Gasteiger partial charge in [-0.3, -0.25) is 15.1 Å². The van der Waals surface area contributed by atoms with E-state index in [0.29, 0.717) is 31.1 Å². The number of piperidine rings is 1. The van der Waals surface area contributed by atoms with Crippen LogP contribution in [0.3, 0.4) is 0 Å². The van der Waals surface area contributed by atoms with Crippen LogP contribution in [0, 0.1) is 17.1 Å². The number of hydrogen-bond donors (Lipinski definition) is 2. The van der Waals surface area contributed by atoms with Crippen LogP contribution in [0.1, 0.15) is 42.7 Å². The van der Waals surface area contributed by atoms with Gasteiger partial charge in [-0.05, 0) is 62.5 Å². The van der Waals surface area contributed by atoms with E-state index in [2.05, 4.69) is 26.6 Å². The maximum atomic E-state index is 13.3. The first-order chi connectivity index (χ1) is 13.2. The molecule has 0 bridgehead atoms. The van der Waals surface area contributed by atoms with Crippen LogP contribution in [0.5, 0.6) is 0 Å². The number of likely N-dealkylation sites (tertiary alicyclic amines) is 1. The molecule has 2 aliphatic heterocycles. The molecule has 7 heteroatoms. The lowest BCUT2D eigenvalue weighted by Gasteiger charge is -2.32. The Morgan fingerprint density at radius 2 is 2.22 bits per heavy atom. The van der Waals surface area contributed by atoms with Crippen molar-refractivity contribution in [3.63, 3.8) is 0 Å². The van der Waals surface area contributed by atoms with Gasteiger partial charge in [0.1, 0.15) is 5.82 Å². The van der Waals surface area contributed by atoms with Gasteiger partial charge in [0, 0.05) is 19.2 Å². The van der Waals surface area contributed by atoms with Crippen LogP contribution in [-0.2, 0) is 4.79 Å². The van der Waals surface area contributed by atoms with Gasteiger partial charge >= 0.3 is 0 Å². The van der Waals surface area contributed by atoms with Crippen molar-refractivity contribution in [3.8, 4) is 6.07 Å².